The Hall–Kier alpha value is -2.15. The number of imidazole rings is 1. The number of carbonyl (C=O) groups excluding carboxylic acids is 1. The van der Waals surface area contributed by atoms with Crippen LogP contribution in [-0.4, -0.2) is 37.1 Å². The number of amides is 1. The van der Waals surface area contributed by atoms with Crippen molar-refractivity contribution in [2.45, 2.75) is 18.2 Å². The van der Waals surface area contributed by atoms with Crippen LogP contribution in [0.1, 0.15) is 21.7 Å². The molecule has 1 amide bonds. The fraction of sp³-hybridized carbons (Fsp3) is 0.286. The molecule has 6 nitrogen and oxygen atoms in total. The number of aryl methyl sites for hydroxylation is 1. The predicted molar refractivity (Wildman–Crippen MR) is 78.9 cm³/mol. The van der Waals surface area contributed by atoms with Gasteiger partial charge in [-0.15, -0.1) is 0 Å². The van der Waals surface area contributed by atoms with Crippen molar-refractivity contribution in [1.82, 2.24) is 15.3 Å². The lowest BCUT2D eigenvalue weighted by Crippen LogP contribution is -2.26. The molecule has 0 saturated heterocycles. The van der Waals surface area contributed by atoms with Gasteiger partial charge in [-0.25, -0.2) is 13.4 Å². The standard InChI is InChI=1S/C14H17N3O3S/c1-10-3-4-11(21(2,19)20)9-12(10)14(18)17-6-5-13-15-7-8-16-13/h3-4,7-9H,5-6H2,1-2H3,(H,15,16)(H,17,18). The topological polar surface area (TPSA) is 91.9 Å². The van der Waals surface area contributed by atoms with Gasteiger partial charge in [-0.05, 0) is 24.6 Å². The van der Waals surface area contributed by atoms with Crippen LogP contribution < -0.4 is 5.32 Å². The van der Waals surface area contributed by atoms with Gasteiger partial charge in [0.1, 0.15) is 5.82 Å². The summed E-state index contributed by atoms with van der Waals surface area (Å²) in [5.74, 6) is 0.501. The first kappa shape index (κ1) is 15.2. The molecule has 1 aromatic carbocycles. The zero-order valence-electron chi connectivity index (χ0n) is 11.9. The van der Waals surface area contributed by atoms with E-state index in [0.717, 1.165) is 17.6 Å². The highest BCUT2D eigenvalue weighted by Crippen LogP contribution is 2.15. The monoisotopic (exact) mass is 307 g/mol. The van der Waals surface area contributed by atoms with Crippen LogP contribution in [0, 0.1) is 6.92 Å². The van der Waals surface area contributed by atoms with Crippen molar-refractivity contribution < 1.29 is 13.2 Å². The molecule has 2 aromatic rings. The second kappa shape index (κ2) is 6.09. The Morgan fingerprint density at radius 1 is 1.38 bits per heavy atom. The number of nitrogens with one attached hydrogen (secondary N) is 2. The van der Waals surface area contributed by atoms with Crippen molar-refractivity contribution in [3.05, 3.63) is 47.5 Å². The van der Waals surface area contributed by atoms with Gasteiger partial charge in [-0.1, -0.05) is 6.07 Å². The summed E-state index contributed by atoms with van der Waals surface area (Å²) in [5, 5.41) is 2.76. The Morgan fingerprint density at radius 2 is 2.14 bits per heavy atom. The normalized spacial score (nSPS) is 11.3. The van der Waals surface area contributed by atoms with Crippen molar-refractivity contribution in [1.29, 1.82) is 0 Å². The van der Waals surface area contributed by atoms with E-state index in [2.05, 4.69) is 15.3 Å². The third kappa shape index (κ3) is 3.91. The van der Waals surface area contributed by atoms with Crippen molar-refractivity contribution in [2.24, 2.45) is 0 Å². The van der Waals surface area contributed by atoms with Crippen LogP contribution in [0.3, 0.4) is 0 Å². The number of nitrogens with zero attached hydrogens (tertiary/aromatic N) is 1. The maximum absolute atomic E-state index is 12.1. The number of hydrogen-bond donors (Lipinski definition) is 2. The van der Waals surface area contributed by atoms with Crippen molar-refractivity contribution in [3.63, 3.8) is 0 Å². The van der Waals surface area contributed by atoms with Crippen molar-refractivity contribution in [3.8, 4) is 0 Å². The average molecular weight is 307 g/mol. The fourth-order valence-electron chi connectivity index (χ4n) is 1.90. The molecule has 0 saturated carbocycles. The smallest absolute Gasteiger partial charge is 0.251 e. The van der Waals surface area contributed by atoms with E-state index in [1.165, 1.54) is 12.1 Å². The van der Waals surface area contributed by atoms with Crippen LogP contribution >= 0.6 is 0 Å². The molecule has 0 fully saturated rings. The lowest BCUT2D eigenvalue weighted by molar-refractivity contribution is 0.0953. The molecule has 21 heavy (non-hydrogen) atoms. The number of aromatic nitrogens is 2. The lowest BCUT2D eigenvalue weighted by Gasteiger charge is -2.09. The molecule has 2 rings (SSSR count). The molecule has 0 spiro atoms. The van der Waals surface area contributed by atoms with Crippen LogP contribution in [0.4, 0.5) is 0 Å². The molecular formula is C14H17N3O3S. The second-order valence-corrected chi connectivity index (χ2v) is 6.81. The second-order valence-electron chi connectivity index (χ2n) is 4.79. The SMILES string of the molecule is Cc1ccc(S(C)(=O)=O)cc1C(=O)NCCc1ncc[nH]1. The highest BCUT2D eigenvalue weighted by Gasteiger charge is 2.14. The number of carbonyl (C=O) groups is 1. The summed E-state index contributed by atoms with van der Waals surface area (Å²) in [4.78, 5) is 19.3. The van der Waals surface area contributed by atoms with Crippen molar-refractivity contribution >= 4 is 15.7 Å². The zero-order valence-corrected chi connectivity index (χ0v) is 12.7. The molecule has 112 valence electrons. The number of hydrogen-bond acceptors (Lipinski definition) is 4. The highest BCUT2D eigenvalue weighted by molar-refractivity contribution is 7.90. The molecule has 0 atom stereocenters. The van der Waals surface area contributed by atoms with Gasteiger partial charge >= 0.3 is 0 Å². The summed E-state index contributed by atoms with van der Waals surface area (Å²) in [6.07, 6.45) is 5.08. The van der Waals surface area contributed by atoms with Gasteiger partial charge in [-0.2, -0.15) is 0 Å². The van der Waals surface area contributed by atoms with E-state index in [4.69, 9.17) is 0 Å². The number of rotatable bonds is 5. The van der Waals surface area contributed by atoms with E-state index in [1.807, 2.05) is 0 Å². The van der Waals surface area contributed by atoms with Crippen LogP contribution in [0.25, 0.3) is 0 Å². The fourth-order valence-corrected chi connectivity index (χ4v) is 2.55. The zero-order chi connectivity index (χ0) is 15.5. The van der Waals surface area contributed by atoms with Crippen molar-refractivity contribution in [2.75, 3.05) is 12.8 Å². The third-order valence-corrected chi connectivity index (χ3v) is 4.19. The van der Waals surface area contributed by atoms with Crippen LogP contribution in [-0.2, 0) is 16.3 Å². The van der Waals surface area contributed by atoms with Gasteiger partial charge < -0.3 is 10.3 Å². The summed E-state index contributed by atoms with van der Waals surface area (Å²) in [6.45, 7) is 2.20. The quantitative estimate of drug-likeness (QED) is 0.865. The van der Waals surface area contributed by atoms with Gasteiger partial charge in [0.15, 0.2) is 9.84 Å². The largest absolute Gasteiger partial charge is 0.352 e. The Balaban J connectivity index is 2.08. The summed E-state index contributed by atoms with van der Waals surface area (Å²) >= 11 is 0. The van der Waals surface area contributed by atoms with Crippen LogP contribution in [0.2, 0.25) is 0 Å². The minimum absolute atomic E-state index is 0.143. The van der Waals surface area contributed by atoms with E-state index in [0.29, 0.717) is 18.5 Å². The van der Waals surface area contributed by atoms with E-state index in [9.17, 15) is 13.2 Å². The Bertz CT molecular complexity index is 737. The van der Waals surface area contributed by atoms with E-state index < -0.39 is 9.84 Å². The number of benzene rings is 1. The molecule has 1 aromatic heterocycles. The molecule has 0 aliphatic carbocycles. The molecule has 7 heteroatoms. The molecule has 1 heterocycles. The summed E-state index contributed by atoms with van der Waals surface area (Å²) < 4.78 is 23.1. The lowest BCUT2D eigenvalue weighted by atomic mass is 10.1. The van der Waals surface area contributed by atoms with Gasteiger partial charge in [0, 0.05) is 37.2 Å². The van der Waals surface area contributed by atoms with Gasteiger partial charge in [0.2, 0.25) is 0 Å². The summed E-state index contributed by atoms with van der Waals surface area (Å²) in [6, 6.07) is 4.55. The van der Waals surface area contributed by atoms with Gasteiger partial charge in [0.05, 0.1) is 4.90 Å². The minimum Gasteiger partial charge on any atom is -0.352 e. The van der Waals surface area contributed by atoms with Gasteiger partial charge in [0.25, 0.3) is 5.91 Å². The highest BCUT2D eigenvalue weighted by atomic mass is 32.2. The predicted octanol–water partition coefficient (Wildman–Crippen LogP) is 1.09. The first-order valence-corrected chi connectivity index (χ1v) is 8.34. The summed E-state index contributed by atoms with van der Waals surface area (Å²) in [7, 11) is -3.33. The minimum atomic E-state index is -3.33. The Kier molecular flexibility index (Phi) is 4.42. The maximum Gasteiger partial charge on any atom is 0.251 e. The first-order chi connectivity index (χ1) is 9.88. The molecule has 0 bridgehead atoms. The molecule has 0 unspecified atom stereocenters. The molecular weight excluding hydrogens is 290 g/mol. The van der Waals surface area contributed by atoms with E-state index in [-0.39, 0.29) is 10.8 Å². The van der Waals surface area contributed by atoms with Crippen LogP contribution in [0.15, 0.2) is 35.5 Å². The molecule has 0 aliphatic heterocycles. The Labute approximate surface area is 123 Å². The van der Waals surface area contributed by atoms with Gasteiger partial charge in [-0.3, -0.25) is 4.79 Å². The van der Waals surface area contributed by atoms with Crippen LogP contribution in [0.5, 0.6) is 0 Å². The Morgan fingerprint density at radius 3 is 2.76 bits per heavy atom. The molecule has 2 N–H and O–H groups in total. The average Bonchev–Trinajstić information content (AvgIpc) is 2.91. The summed E-state index contributed by atoms with van der Waals surface area (Å²) in [5.41, 5.74) is 1.11. The van der Waals surface area contributed by atoms with E-state index >= 15 is 0 Å². The molecule has 0 aliphatic rings. The number of H-pyrrole nitrogens is 1. The third-order valence-electron chi connectivity index (χ3n) is 3.08. The molecule has 0 radical (unpaired) electrons. The number of sulfone groups is 1. The van der Waals surface area contributed by atoms with E-state index in [1.54, 1.807) is 25.4 Å². The first-order valence-electron chi connectivity index (χ1n) is 6.45. The maximum atomic E-state index is 12.1. The number of aromatic amines is 1.